The second-order valence-corrected chi connectivity index (χ2v) is 7.03. The van der Waals surface area contributed by atoms with Gasteiger partial charge in [-0.05, 0) is 37.8 Å². The van der Waals surface area contributed by atoms with Gasteiger partial charge in [0, 0.05) is 31.3 Å². The van der Waals surface area contributed by atoms with E-state index in [9.17, 15) is 4.79 Å². The molecule has 2 aromatic heterocycles. The molecular weight excluding hydrogens is 314 g/mol. The van der Waals surface area contributed by atoms with Crippen LogP contribution in [0.2, 0.25) is 0 Å². The van der Waals surface area contributed by atoms with Crippen LogP contribution < -0.4 is 4.90 Å². The number of amides is 1. The van der Waals surface area contributed by atoms with Gasteiger partial charge in [0.25, 0.3) is 0 Å². The minimum atomic E-state index is 0.262. The van der Waals surface area contributed by atoms with Gasteiger partial charge >= 0.3 is 0 Å². The van der Waals surface area contributed by atoms with Crippen LogP contribution in [0.15, 0.2) is 24.7 Å². The van der Waals surface area contributed by atoms with Crippen LogP contribution in [0.4, 0.5) is 5.82 Å². The Morgan fingerprint density at radius 2 is 2.16 bits per heavy atom. The van der Waals surface area contributed by atoms with Crippen molar-refractivity contribution >= 4 is 11.7 Å². The number of rotatable bonds is 4. The Labute approximate surface area is 147 Å². The van der Waals surface area contributed by atoms with Crippen LogP contribution in [0.1, 0.15) is 35.4 Å². The smallest absolute Gasteiger partial charge is 0.226 e. The lowest BCUT2D eigenvalue weighted by molar-refractivity contribution is -0.133. The Morgan fingerprint density at radius 1 is 1.32 bits per heavy atom. The number of hydrogen-bond donors (Lipinski definition) is 0. The van der Waals surface area contributed by atoms with Crippen molar-refractivity contribution in [2.45, 2.75) is 39.3 Å². The number of pyridine rings is 1. The molecule has 0 unspecified atom stereocenters. The third-order valence-electron chi connectivity index (χ3n) is 5.09. The standard InChI is InChI=1S/C19H23N5O/c1-13-4-3-8-20-16(13)10-23(2)18-15-7-9-24(19(25)14-5-6-14)11-17(15)21-12-22-18/h3-4,8,12,14H,5-7,9-11H2,1-2H3. The first kappa shape index (κ1) is 16.0. The van der Waals surface area contributed by atoms with Gasteiger partial charge in [0.2, 0.25) is 5.91 Å². The molecule has 0 saturated heterocycles. The Bertz CT molecular complexity index is 802. The quantitative estimate of drug-likeness (QED) is 0.855. The number of aromatic nitrogens is 3. The monoisotopic (exact) mass is 337 g/mol. The van der Waals surface area contributed by atoms with Crippen molar-refractivity contribution in [3.05, 3.63) is 47.2 Å². The predicted octanol–water partition coefficient (Wildman–Crippen LogP) is 2.11. The average molecular weight is 337 g/mol. The fourth-order valence-corrected chi connectivity index (χ4v) is 3.43. The Kier molecular flexibility index (Phi) is 4.11. The minimum absolute atomic E-state index is 0.262. The van der Waals surface area contributed by atoms with E-state index in [1.165, 1.54) is 11.1 Å². The summed E-state index contributed by atoms with van der Waals surface area (Å²) < 4.78 is 0. The molecule has 2 aromatic rings. The first-order chi connectivity index (χ1) is 12.1. The van der Waals surface area contributed by atoms with E-state index in [0.717, 1.165) is 43.0 Å². The molecule has 6 nitrogen and oxygen atoms in total. The van der Waals surface area contributed by atoms with E-state index in [-0.39, 0.29) is 5.92 Å². The number of anilines is 1. The third-order valence-corrected chi connectivity index (χ3v) is 5.09. The van der Waals surface area contributed by atoms with Crippen molar-refractivity contribution in [2.24, 2.45) is 5.92 Å². The fraction of sp³-hybridized carbons (Fsp3) is 0.474. The molecule has 130 valence electrons. The number of fused-ring (bicyclic) bond motifs is 1. The molecule has 0 N–H and O–H groups in total. The highest BCUT2D eigenvalue weighted by Crippen LogP contribution is 2.33. The molecule has 0 radical (unpaired) electrons. The van der Waals surface area contributed by atoms with E-state index in [1.54, 1.807) is 6.33 Å². The van der Waals surface area contributed by atoms with Crippen LogP contribution in [0.5, 0.6) is 0 Å². The molecule has 4 rings (SSSR count). The molecule has 1 fully saturated rings. The summed E-state index contributed by atoms with van der Waals surface area (Å²) in [6.45, 7) is 4.16. The molecule has 1 saturated carbocycles. The highest BCUT2D eigenvalue weighted by atomic mass is 16.2. The topological polar surface area (TPSA) is 62.2 Å². The summed E-state index contributed by atoms with van der Waals surface area (Å²) in [6.07, 6.45) is 6.34. The lowest BCUT2D eigenvalue weighted by Crippen LogP contribution is -2.38. The summed E-state index contributed by atoms with van der Waals surface area (Å²) in [4.78, 5) is 29.9. The molecule has 6 heteroatoms. The van der Waals surface area contributed by atoms with E-state index in [1.807, 2.05) is 24.2 Å². The largest absolute Gasteiger partial charge is 0.353 e. The van der Waals surface area contributed by atoms with Crippen LogP contribution in [-0.2, 0) is 24.3 Å². The molecule has 25 heavy (non-hydrogen) atoms. The lowest BCUT2D eigenvalue weighted by atomic mass is 10.0. The first-order valence-electron chi connectivity index (χ1n) is 8.86. The average Bonchev–Trinajstić information content (AvgIpc) is 3.47. The Balaban J connectivity index is 1.55. The number of nitrogens with zero attached hydrogens (tertiary/aromatic N) is 5. The van der Waals surface area contributed by atoms with Gasteiger partial charge in [-0.25, -0.2) is 9.97 Å². The second kappa shape index (κ2) is 6.43. The number of carbonyl (C=O) groups is 1. The second-order valence-electron chi connectivity index (χ2n) is 7.03. The summed E-state index contributed by atoms with van der Waals surface area (Å²) in [5, 5.41) is 0. The zero-order chi connectivity index (χ0) is 17.4. The number of aryl methyl sites for hydroxylation is 1. The molecule has 2 aliphatic rings. The maximum absolute atomic E-state index is 12.3. The summed E-state index contributed by atoms with van der Waals surface area (Å²) in [5.41, 5.74) is 4.38. The highest BCUT2D eigenvalue weighted by molar-refractivity contribution is 5.81. The van der Waals surface area contributed by atoms with E-state index >= 15 is 0 Å². The molecule has 0 atom stereocenters. The summed E-state index contributed by atoms with van der Waals surface area (Å²) in [6, 6.07) is 4.03. The zero-order valence-corrected chi connectivity index (χ0v) is 14.8. The van der Waals surface area contributed by atoms with Crippen LogP contribution in [0.25, 0.3) is 0 Å². The summed E-state index contributed by atoms with van der Waals surface area (Å²) >= 11 is 0. The van der Waals surface area contributed by atoms with Gasteiger partial charge in [-0.2, -0.15) is 0 Å². The maximum atomic E-state index is 12.3. The van der Waals surface area contributed by atoms with Crippen molar-refractivity contribution in [1.82, 2.24) is 19.9 Å². The SMILES string of the molecule is Cc1cccnc1CN(C)c1ncnc2c1CCN(C(=O)C1CC1)C2. The summed E-state index contributed by atoms with van der Waals surface area (Å²) in [7, 11) is 2.04. The van der Waals surface area contributed by atoms with Crippen LogP contribution in [-0.4, -0.2) is 39.4 Å². The van der Waals surface area contributed by atoms with Crippen molar-refractivity contribution < 1.29 is 4.79 Å². The molecular formula is C19H23N5O. The third kappa shape index (κ3) is 3.21. The molecule has 0 aromatic carbocycles. The van der Waals surface area contributed by atoms with Crippen LogP contribution in [0.3, 0.4) is 0 Å². The highest BCUT2D eigenvalue weighted by Gasteiger charge is 2.35. The van der Waals surface area contributed by atoms with E-state index in [0.29, 0.717) is 19.0 Å². The van der Waals surface area contributed by atoms with E-state index < -0.39 is 0 Å². The molecule has 1 amide bonds. The van der Waals surface area contributed by atoms with Crippen LogP contribution in [0, 0.1) is 12.8 Å². The normalized spacial score (nSPS) is 16.5. The van der Waals surface area contributed by atoms with Crippen molar-refractivity contribution in [3.63, 3.8) is 0 Å². The predicted molar refractivity (Wildman–Crippen MR) is 95.0 cm³/mol. The van der Waals surface area contributed by atoms with Crippen molar-refractivity contribution in [1.29, 1.82) is 0 Å². The molecule has 0 bridgehead atoms. The van der Waals surface area contributed by atoms with Gasteiger partial charge in [-0.3, -0.25) is 9.78 Å². The van der Waals surface area contributed by atoms with Crippen molar-refractivity contribution in [2.75, 3.05) is 18.5 Å². The molecule has 0 spiro atoms. The number of hydrogen-bond acceptors (Lipinski definition) is 5. The Hall–Kier alpha value is -2.50. The molecule has 3 heterocycles. The van der Waals surface area contributed by atoms with Gasteiger partial charge in [0.1, 0.15) is 12.1 Å². The maximum Gasteiger partial charge on any atom is 0.226 e. The first-order valence-corrected chi connectivity index (χ1v) is 8.86. The van der Waals surface area contributed by atoms with Gasteiger partial charge in [0.15, 0.2) is 0 Å². The molecule has 1 aliphatic carbocycles. The number of carbonyl (C=O) groups excluding carboxylic acids is 1. The van der Waals surface area contributed by atoms with Crippen LogP contribution >= 0.6 is 0 Å². The van der Waals surface area contributed by atoms with Crippen molar-refractivity contribution in [3.8, 4) is 0 Å². The lowest BCUT2D eigenvalue weighted by Gasteiger charge is -2.31. The Morgan fingerprint density at radius 3 is 2.92 bits per heavy atom. The fourth-order valence-electron chi connectivity index (χ4n) is 3.43. The van der Waals surface area contributed by atoms with Gasteiger partial charge in [0.05, 0.1) is 24.5 Å². The van der Waals surface area contributed by atoms with Gasteiger partial charge < -0.3 is 9.80 Å². The summed E-state index contributed by atoms with van der Waals surface area (Å²) in [5.74, 6) is 1.51. The van der Waals surface area contributed by atoms with Gasteiger partial charge in [-0.1, -0.05) is 6.07 Å². The van der Waals surface area contributed by atoms with E-state index in [2.05, 4.69) is 32.8 Å². The zero-order valence-electron chi connectivity index (χ0n) is 14.8. The molecule has 1 aliphatic heterocycles. The minimum Gasteiger partial charge on any atom is -0.353 e. The van der Waals surface area contributed by atoms with Gasteiger partial charge in [-0.15, -0.1) is 0 Å². The van der Waals surface area contributed by atoms with E-state index in [4.69, 9.17) is 0 Å².